The van der Waals surface area contributed by atoms with Gasteiger partial charge >= 0.3 is 0 Å². The van der Waals surface area contributed by atoms with E-state index in [1.165, 1.54) is 0 Å². The number of halogens is 1. The van der Waals surface area contributed by atoms with Crippen LogP contribution in [0.4, 0.5) is 0 Å². The Morgan fingerprint density at radius 2 is 2.42 bits per heavy atom. The van der Waals surface area contributed by atoms with Crippen molar-refractivity contribution in [3.05, 3.63) is 10.4 Å². The summed E-state index contributed by atoms with van der Waals surface area (Å²) in [4.78, 5) is 2.57. The molecular formula is C6H10ClN3O2. The zero-order valence-electron chi connectivity index (χ0n) is 6.59. The molecule has 1 rings (SSSR count). The predicted molar refractivity (Wildman–Crippen MR) is 44.0 cm³/mol. The lowest BCUT2D eigenvalue weighted by atomic mass is 10.1. The Hall–Kier alpha value is -0.480. The molecule has 0 aromatic heterocycles. The summed E-state index contributed by atoms with van der Waals surface area (Å²) in [5.74, 6) is 0. The van der Waals surface area contributed by atoms with Crippen molar-refractivity contribution in [2.24, 2.45) is 5.11 Å². The molecule has 12 heavy (non-hydrogen) atoms. The van der Waals surface area contributed by atoms with E-state index < -0.39 is 17.6 Å². The van der Waals surface area contributed by atoms with Gasteiger partial charge in [-0.3, -0.25) is 0 Å². The molecule has 1 saturated heterocycles. The van der Waals surface area contributed by atoms with E-state index in [-0.39, 0.29) is 12.6 Å². The van der Waals surface area contributed by atoms with Crippen molar-refractivity contribution in [1.82, 2.24) is 0 Å². The highest BCUT2D eigenvalue weighted by atomic mass is 35.5. The van der Waals surface area contributed by atoms with Gasteiger partial charge in [0.25, 0.3) is 0 Å². The second-order valence-corrected chi connectivity index (χ2v) is 3.23. The van der Waals surface area contributed by atoms with E-state index in [1.807, 2.05) is 0 Å². The summed E-state index contributed by atoms with van der Waals surface area (Å²) in [6.45, 7) is 1.90. The number of ether oxygens (including phenoxy) is 1. The molecule has 0 aromatic carbocycles. The summed E-state index contributed by atoms with van der Waals surface area (Å²) in [5.41, 5.74) is 8.03. The molecule has 0 aliphatic carbocycles. The van der Waals surface area contributed by atoms with E-state index in [2.05, 4.69) is 10.0 Å². The van der Waals surface area contributed by atoms with Gasteiger partial charge in [-0.05, 0) is 12.5 Å². The normalized spacial score (nSPS) is 40.9. The van der Waals surface area contributed by atoms with Crippen LogP contribution in [0.1, 0.15) is 6.92 Å². The van der Waals surface area contributed by atoms with Gasteiger partial charge in [0.2, 0.25) is 0 Å². The van der Waals surface area contributed by atoms with Crippen molar-refractivity contribution in [2.45, 2.75) is 30.6 Å². The quantitative estimate of drug-likeness (QED) is 0.307. The highest BCUT2D eigenvalue weighted by Crippen LogP contribution is 2.25. The molecule has 0 saturated carbocycles. The summed E-state index contributed by atoms with van der Waals surface area (Å²) in [7, 11) is 0. The highest BCUT2D eigenvalue weighted by molar-refractivity contribution is 6.21. The highest BCUT2D eigenvalue weighted by Gasteiger charge is 2.39. The van der Waals surface area contributed by atoms with Gasteiger partial charge in [0.15, 0.2) is 0 Å². The van der Waals surface area contributed by atoms with Crippen LogP contribution in [0.25, 0.3) is 10.4 Å². The lowest BCUT2D eigenvalue weighted by Crippen LogP contribution is -2.29. The first-order valence-electron chi connectivity index (χ1n) is 3.65. The Morgan fingerprint density at radius 1 is 1.75 bits per heavy atom. The average Bonchev–Trinajstić information content (AvgIpc) is 2.30. The molecule has 4 unspecified atom stereocenters. The van der Waals surface area contributed by atoms with Crippen LogP contribution < -0.4 is 0 Å². The van der Waals surface area contributed by atoms with Crippen LogP contribution in [0.2, 0.25) is 0 Å². The fourth-order valence-electron chi connectivity index (χ4n) is 1.18. The molecule has 0 bridgehead atoms. The zero-order valence-corrected chi connectivity index (χ0v) is 7.35. The summed E-state index contributed by atoms with van der Waals surface area (Å²) in [6.07, 6.45) is -1.40. The number of nitrogens with zero attached hydrogens (tertiary/aromatic N) is 3. The number of aliphatic hydroxyl groups excluding tert-OH is 1. The van der Waals surface area contributed by atoms with Gasteiger partial charge < -0.3 is 9.84 Å². The van der Waals surface area contributed by atoms with Gasteiger partial charge in [0, 0.05) is 4.91 Å². The molecule has 1 aliphatic rings. The Morgan fingerprint density at radius 3 is 2.83 bits per heavy atom. The minimum atomic E-state index is -0.743. The molecule has 1 N–H and O–H groups in total. The maximum absolute atomic E-state index is 9.41. The second-order valence-electron chi connectivity index (χ2n) is 2.73. The number of hydrogen-bond acceptors (Lipinski definition) is 3. The molecule has 0 radical (unpaired) electrons. The third-order valence-corrected chi connectivity index (χ3v) is 2.48. The van der Waals surface area contributed by atoms with Crippen molar-refractivity contribution in [1.29, 1.82) is 0 Å². The van der Waals surface area contributed by atoms with Crippen LogP contribution in [-0.2, 0) is 4.74 Å². The smallest absolute Gasteiger partial charge is 0.0991 e. The molecule has 6 heteroatoms. The van der Waals surface area contributed by atoms with Gasteiger partial charge in [0.05, 0.1) is 30.2 Å². The summed E-state index contributed by atoms with van der Waals surface area (Å²) in [6, 6.07) is 0. The summed E-state index contributed by atoms with van der Waals surface area (Å²) < 4.78 is 5.24. The standard InChI is InChI=1S/C6H10ClN3O2/c1-3-5(7)6(11)4(12-3)2-9-10-8/h3-6,11H,2H2,1H3. The van der Waals surface area contributed by atoms with E-state index in [1.54, 1.807) is 6.92 Å². The topological polar surface area (TPSA) is 78.2 Å². The van der Waals surface area contributed by atoms with E-state index in [9.17, 15) is 5.11 Å². The molecule has 0 amide bonds. The van der Waals surface area contributed by atoms with Gasteiger partial charge in [-0.1, -0.05) is 5.11 Å². The van der Waals surface area contributed by atoms with Crippen molar-refractivity contribution < 1.29 is 9.84 Å². The zero-order chi connectivity index (χ0) is 9.14. The van der Waals surface area contributed by atoms with E-state index in [4.69, 9.17) is 21.9 Å². The molecule has 4 atom stereocenters. The Labute approximate surface area is 74.9 Å². The van der Waals surface area contributed by atoms with Crippen LogP contribution in [0.5, 0.6) is 0 Å². The molecule has 1 aliphatic heterocycles. The first-order valence-corrected chi connectivity index (χ1v) is 4.09. The van der Waals surface area contributed by atoms with Crippen molar-refractivity contribution >= 4 is 11.6 Å². The minimum Gasteiger partial charge on any atom is -0.389 e. The van der Waals surface area contributed by atoms with Crippen LogP contribution >= 0.6 is 11.6 Å². The lowest BCUT2D eigenvalue weighted by molar-refractivity contribution is 0.0224. The summed E-state index contributed by atoms with van der Waals surface area (Å²) >= 11 is 5.78. The lowest BCUT2D eigenvalue weighted by Gasteiger charge is -2.10. The van der Waals surface area contributed by atoms with Crippen LogP contribution in [0.3, 0.4) is 0 Å². The van der Waals surface area contributed by atoms with Crippen LogP contribution in [0, 0.1) is 0 Å². The molecule has 0 spiro atoms. The maximum atomic E-state index is 9.41. The van der Waals surface area contributed by atoms with Gasteiger partial charge in [0.1, 0.15) is 0 Å². The molecule has 5 nitrogen and oxygen atoms in total. The molecule has 68 valence electrons. The number of hydrogen-bond donors (Lipinski definition) is 1. The molecule has 0 aromatic rings. The second kappa shape index (κ2) is 3.96. The van der Waals surface area contributed by atoms with Crippen molar-refractivity contribution in [3.63, 3.8) is 0 Å². The van der Waals surface area contributed by atoms with E-state index in [0.29, 0.717) is 0 Å². The molecular weight excluding hydrogens is 182 g/mol. The maximum Gasteiger partial charge on any atom is 0.0991 e. The number of azide groups is 1. The largest absolute Gasteiger partial charge is 0.389 e. The minimum absolute atomic E-state index is 0.130. The first-order chi connectivity index (χ1) is 5.66. The fraction of sp³-hybridized carbons (Fsp3) is 1.00. The number of aliphatic hydroxyl groups is 1. The van der Waals surface area contributed by atoms with Gasteiger partial charge in [-0.25, -0.2) is 0 Å². The first kappa shape index (κ1) is 9.61. The van der Waals surface area contributed by atoms with Crippen LogP contribution in [-0.4, -0.2) is 35.3 Å². The third kappa shape index (κ3) is 1.81. The molecule has 1 heterocycles. The fourth-order valence-corrected chi connectivity index (χ4v) is 1.40. The third-order valence-electron chi connectivity index (χ3n) is 1.87. The van der Waals surface area contributed by atoms with E-state index in [0.717, 1.165) is 0 Å². The monoisotopic (exact) mass is 191 g/mol. The SMILES string of the molecule is CC1OC(CN=[N+]=[N-])C(O)C1Cl. The van der Waals surface area contributed by atoms with Crippen molar-refractivity contribution in [3.8, 4) is 0 Å². The average molecular weight is 192 g/mol. The Bertz CT molecular complexity index is 207. The van der Waals surface area contributed by atoms with Crippen molar-refractivity contribution in [2.75, 3.05) is 6.54 Å². The van der Waals surface area contributed by atoms with E-state index >= 15 is 0 Å². The van der Waals surface area contributed by atoms with Gasteiger partial charge in [-0.2, -0.15) is 0 Å². The Balaban J connectivity index is 2.52. The summed E-state index contributed by atoms with van der Waals surface area (Å²) in [5, 5.41) is 12.3. The molecule has 1 fully saturated rings. The van der Waals surface area contributed by atoms with Gasteiger partial charge in [-0.15, -0.1) is 11.6 Å². The van der Waals surface area contributed by atoms with Crippen LogP contribution in [0.15, 0.2) is 5.11 Å². The Kier molecular flexibility index (Phi) is 3.17. The predicted octanol–water partition coefficient (Wildman–Crippen LogP) is 1.05. The number of rotatable bonds is 2. The number of alkyl halides is 1.